The number of piperidine rings is 1. The summed E-state index contributed by atoms with van der Waals surface area (Å²) in [4.78, 5) is 13.2. The van der Waals surface area contributed by atoms with Crippen LogP contribution in [0.1, 0.15) is 25.7 Å². The van der Waals surface area contributed by atoms with Crippen LogP contribution in [0.25, 0.3) is 0 Å². The third-order valence-corrected chi connectivity index (χ3v) is 4.93. The Balaban J connectivity index is 1.97. The van der Waals surface area contributed by atoms with E-state index in [2.05, 4.69) is 10.2 Å². The molecule has 2 aliphatic rings. The van der Waals surface area contributed by atoms with Gasteiger partial charge in [-0.3, -0.25) is 9.69 Å². The number of rotatable bonds is 6. The highest BCUT2D eigenvalue weighted by atomic mass is 16.4. The van der Waals surface area contributed by atoms with Crippen molar-refractivity contribution < 1.29 is 19.9 Å². The number of hydrogen-bond acceptors (Lipinski definition) is 6. The minimum Gasteiger partial charge on any atom is -0.481 e. The van der Waals surface area contributed by atoms with Gasteiger partial charge in [-0.1, -0.05) is 6.42 Å². The van der Waals surface area contributed by atoms with Gasteiger partial charge in [-0.2, -0.15) is 0 Å². The number of hydrogen-bond donors (Lipinski definition) is 5. The van der Waals surface area contributed by atoms with Crippen molar-refractivity contribution in [1.29, 1.82) is 0 Å². The van der Waals surface area contributed by atoms with Crippen molar-refractivity contribution in [3.63, 3.8) is 0 Å². The minimum atomic E-state index is -1.26. The highest BCUT2D eigenvalue weighted by Crippen LogP contribution is 2.33. The van der Waals surface area contributed by atoms with Crippen LogP contribution in [0.5, 0.6) is 0 Å². The Bertz CT molecular complexity index is 371. The molecule has 2 aliphatic heterocycles. The van der Waals surface area contributed by atoms with E-state index in [1.165, 1.54) is 0 Å². The Labute approximate surface area is 125 Å². The van der Waals surface area contributed by atoms with Crippen LogP contribution in [0.4, 0.5) is 0 Å². The molecule has 0 radical (unpaired) electrons. The highest BCUT2D eigenvalue weighted by Gasteiger charge is 2.45. The monoisotopic (exact) mass is 299 g/mol. The van der Waals surface area contributed by atoms with E-state index in [9.17, 15) is 4.79 Å². The maximum Gasteiger partial charge on any atom is 0.451 e. The smallest absolute Gasteiger partial charge is 0.451 e. The third-order valence-electron chi connectivity index (χ3n) is 4.93. The van der Waals surface area contributed by atoms with Crippen LogP contribution in [-0.2, 0) is 4.79 Å². The van der Waals surface area contributed by atoms with E-state index in [4.69, 9.17) is 20.9 Å². The van der Waals surface area contributed by atoms with Crippen molar-refractivity contribution in [1.82, 2.24) is 10.2 Å². The van der Waals surface area contributed by atoms with Crippen LogP contribution in [0.2, 0.25) is 6.32 Å². The fourth-order valence-corrected chi connectivity index (χ4v) is 3.61. The zero-order chi connectivity index (χ0) is 15.5. The van der Waals surface area contributed by atoms with Gasteiger partial charge < -0.3 is 26.2 Å². The molecular weight excluding hydrogens is 273 g/mol. The molecule has 120 valence electrons. The van der Waals surface area contributed by atoms with Gasteiger partial charge in [-0.05, 0) is 38.0 Å². The summed E-state index contributed by atoms with van der Waals surface area (Å²) in [7, 11) is -1.26. The van der Waals surface area contributed by atoms with E-state index >= 15 is 0 Å². The molecular formula is C13H26BN3O4. The lowest BCUT2D eigenvalue weighted by Gasteiger charge is -2.48. The topological polar surface area (TPSA) is 119 Å². The second kappa shape index (κ2) is 7.06. The highest BCUT2D eigenvalue weighted by molar-refractivity contribution is 6.40. The van der Waals surface area contributed by atoms with E-state index in [0.717, 1.165) is 25.8 Å². The number of aliphatic carboxylic acids is 1. The fourth-order valence-electron chi connectivity index (χ4n) is 3.61. The lowest BCUT2D eigenvalue weighted by molar-refractivity contribution is -0.141. The van der Waals surface area contributed by atoms with Crippen molar-refractivity contribution >= 4 is 13.1 Å². The number of nitrogens with zero attached hydrogens (tertiary/aromatic N) is 1. The van der Waals surface area contributed by atoms with Gasteiger partial charge in [0.15, 0.2) is 0 Å². The standard InChI is InChI=1S/C13H26BN3O4/c15-13(17-7-4-10(8-17)12(18)19)9-16-6-3-11(13)2-1-5-14(20)21/h10-11,16,20-21H,1-9,15H2,(H,18,19)/t10?,11-,13-/m0/s1. The third kappa shape index (κ3) is 3.95. The van der Waals surface area contributed by atoms with Gasteiger partial charge >= 0.3 is 13.1 Å². The molecule has 0 aliphatic carbocycles. The SMILES string of the molecule is N[C@]1(N2CCC(C(=O)O)C2)CNCC[C@@H]1CCCB(O)O. The molecule has 0 aromatic rings. The van der Waals surface area contributed by atoms with Gasteiger partial charge in [0.1, 0.15) is 0 Å². The van der Waals surface area contributed by atoms with E-state index in [1.54, 1.807) is 0 Å². The van der Waals surface area contributed by atoms with Crippen LogP contribution < -0.4 is 11.1 Å². The fraction of sp³-hybridized carbons (Fsp3) is 0.923. The van der Waals surface area contributed by atoms with Crippen LogP contribution in [0.3, 0.4) is 0 Å². The second-order valence-corrected chi connectivity index (χ2v) is 6.33. The first-order chi connectivity index (χ1) is 9.93. The molecule has 0 spiro atoms. The Morgan fingerprint density at radius 1 is 1.43 bits per heavy atom. The number of nitrogens with one attached hydrogen (secondary N) is 1. The lowest BCUT2D eigenvalue weighted by atomic mass is 9.77. The van der Waals surface area contributed by atoms with Crippen molar-refractivity contribution in [3.8, 4) is 0 Å². The summed E-state index contributed by atoms with van der Waals surface area (Å²) in [5, 5.41) is 30.4. The molecule has 0 bridgehead atoms. The number of carboxylic acids is 1. The lowest BCUT2D eigenvalue weighted by Crippen LogP contribution is -2.68. The summed E-state index contributed by atoms with van der Waals surface area (Å²) in [6.45, 7) is 2.79. The Morgan fingerprint density at radius 2 is 2.19 bits per heavy atom. The van der Waals surface area contributed by atoms with Gasteiger partial charge in [0.2, 0.25) is 0 Å². The average Bonchev–Trinajstić information content (AvgIpc) is 2.91. The molecule has 0 aromatic carbocycles. The molecule has 7 nitrogen and oxygen atoms in total. The maximum absolute atomic E-state index is 11.1. The number of likely N-dealkylation sites (tertiary alicyclic amines) is 1. The summed E-state index contributed by atoms with van der Waals surface area (Å²) in [6.07, 6.45) is 3.50. The molecule has 6 N–H and O–H groups in total. The molecule has 1 unspecified atom stereocenters. The van der Waals surface area contributed by atoms with Gasteiger partial charge in [-0.25, -0.2) is 0 Å². The summed E-state index contributed by atoms with van der Waals surface area (Å²) in [5.41, 5.74) is 6.11. The quantitative estimate of drug-likeness (QED) is 0.395. The first-order valence-corrected chi connectivity index (χ1v) is 7.77. The molecule has 2 rings (SSSR count). The zero-order valence-electron chi connectivity index (χ0n) is 12.4. The van der Waals surface area contributed by atoms with E-state index < -0.39 is 18.8 Å². The van der Waals surface area contributed by atoms with Crippen LogP contribution in [0, 0.1) is 11.8 Å². The molecule has 0 saturated carbocycles. The summed E-state index contributed by atoms with van der Waals surface area (Å²) in [6, 6.07) is 0. The molecule has 0 aromatic heterocycles. The van der Waals surface area contributed by atoms with Crippen molar-refractivity contribution in [2.24, 2.45) is 17.6 Å². The van der Waals surface area contributed by atoms with Crippen LogP contribution in [-0.4, -0.2) is 65.0 Å². The average molecular weight is 299 g/mol. The Hall–Kier alpha value is -0.665. The zero-order valence-corrected chi connectivity index (χ0v) is 12.4. The number of carbonyl (C=O) groups is 1. The van der Waals surface area contributed by atoms with Gasteiger partial charge in [-0.15, -0.1) is 0 Å². The molecule has 3 atom stereocenters. The Kier molecular flexibility index (Phi) is 5.62. The van der Waals surface area contributed by atoms with Crippen molar-refractivity contribution in [3.05, 3.63) is 0 Å². The van der Waals surface area contributed by atoms with Gasteiger partial charge in [0.25, 0.3) is 0 Å². The van der Waals surface area contributed by atoms with Crippen LogP contribution >= 0.6 is 0 Å². The van der Waals surface area contributed by atoms with Crippen molar-refractivity contribution in [2.75, 3.05) is 26.2 Å². The maximum atomic E-state index is 11.1. The summed E-state index contributed by atoms with van der Waals surface area (Å²) >= 11 is 0. The van der Waals surface area contributed by atoms with Gasteiger partial charge in [0.05, 0.1) is 11.6 Å². The van der Waals surface area contributed by atoms with E-state index in [1.807, 2.05) is 0 Å². The van der Waals surface area contributed by atoms with Gasteiger partial charge in [0, 0.05) is 19.6 Å². The van der Waals surface area contributed by atoms with E-state index in [0.29, 0.717) is 32.4 Å². The largest absolute Gasteiger partial charge is 0.481 e. The molecule has 2 fully saturated rings. The predicted octanol–water partition coefficient (Wildman–Crippen LogP) is -1.09. The minimum absolute atomic E-state index is 0.255. The molecule has 2 heterocycles. The number of carboxylic acid groups (broad SMARTS) is 1. The van der Waals surface area contributed by atoms with E-state index in [-0.39, 0.29) is 11.8 Å². The summed E-state index contributed by atoms with van der Waals surface area (Å²) in [5.74, 6) is -0.817. The molecule has 8 heteroatoms. The Morgan fingerprint density at radius 3 is 2.81 bits per heavy atom. The number of nitrogens with two attached hydrogens (primary N) is 1. The predicted molar refractivity (Wildman–Crippen MR) is 79.4 cm³/mol. The summed E-state index contributed by atoms with van der Waals surface area (Å²) < 4.78 is 0. The first-order valence-electron chi connectivity index (χ1n) is 7.77. The second-order valence-electron chi connectivity index (χ2n) is 6.33. The normalized spacial score (nSPS) is 34.0. The molecule has 21 heavy (non-hydrogen) atoms. The first kappa shape index (κ1) is 16.7. The van der Waals surface area contributed by atoms with Crippen LogP contribution in [0.15, 0.2) is 0 Å². The van der Waals surface area contributed by atoms with Crippen molar-refractivity contribution in [2.45, 2.75) is 37.7 Å². The molecule has 2 saturated heterocycles. The molecule has 0 amide bonds.